The normalized spacial score (nSPS) is 12.9. The van der Waals surface area contributed by atoms with Gasteiger partial charge in [0.05, 0.1) is 5.71 Å². The van der Waals surface area contributed by atoms with Gasteiger partial charge in [0.1, 0.15) is 11.4 Å². The number of phenols is 1. The number of aromatic hydroxyl groups is 1. The minimum absolute atomic E-state index is 0.151. The lowest BCUT2D eigenvalue weighted by molar-refractivity contribution is 0.446. The molecule has 0 spiro atoms. The number of nitrogens with zero attached hydrogens (tertiary/aromatic N) is 3. The molecule has 0 amide bonds. The highest BCUT2D eigenvalue weighted by atomic mass is 35.5. The van der Waals surface area contributed by atoms with Gasteiger partial charge in [0.25, 0.3) is 0 Å². The average molecular weight is 348 g/mol. The molecule has 0 aliphatic rings. The molecule has 1 N–H and O–H groups in total. The van der Waals surface area contributed by atoms with E-state index in [1.54, 1.807) is 12.2 Å². The zero-order chi connectivity index (χ0) is 18.5. The molecule has 0 aromatic heterocycles. The summed E-state index contributed by atoms with van der Waals surface area (Å²) < 4.78 is 0. The number of hydrogen-bond acceptors (Lipinski definition) is 4. The Hall–Kier alpha value is -2.07. The molecule has 1 aromatic carbocycles. The van der Waals surface area contributed by atoms with Crippen molar-refractivity contribution < 1.29 is 5.11 Å². The van der Waals surface area contributed by atoms with Gasteiger partial charge in [-0.15, -0.1) is 5.12 Å². The van der Waals surface area contributed by atoms with Crippen LogP contribution in [0.2, 0.25) is 0 Å². The fraction of sp³-hybridized carbons (Fsp3) is 0.368. The van der Waals surface area contributed by atoms with Crippen LogP contribution in [0.5, 0.6) is 5.75 Å². The molecule has 0 bridgehead atoms. The van der Waals surface area contributed by atoms with Crippen molar-refractivity contribution in [2.75, 3.05) is 5.12 Å². The predicted molar refractivity (Wildman–Crippen MR) is 105 cm³/mol. The zero-order valence-corrected chi connectivity index (χ0v) is 15.9. The second-order valence-corrected chi connectivity index (χ2v) is 6.98. The first-order chi connectivity index (χ1) is 11.1. The molecule has 0 unspecified atom stereocenters. The van der Waals surface area contributed by atoms with E-state index in [1.165, 1.54) is 5.12 Å². The Labute approximate surface area is 149 Å². The number of hydrazone groups is 2. The van der Waals surface area contributed by atoms with Crippen LogP contribution in [-0.4, -0.2) is 17.5 Å². The average Bonchev–Trinajstić information content (AvgIpc) is 2.52. The second kappa shape index (κ2) is 8.15. The molecule has 1 aromatic rings. The van der Waals surface area contributed by atoms with Crippen molar-refractivity contribution in [3.63, 3.8) is 0 Å². The van der Waals surface area contributed by atoms with Gasteiger partial charge in [-0.2, -0.15) is 10.2 Å². The third kappa shape index (κ3) is 4.96. The highest BCUT2D eigenvalue weighted by Gasteiger charge is 2.23. The van der Waals surface area contributed by atoms with E-state index in [2.05, 4.69) is 23.5 Å². The number of anilines is 1. The highest BCUT2D eigenvalue weighted by molar-refractivity contribution is 6.32. The quantitative estimate of drug-likeness (QED) is 0.420. The van der Waals surface area contributed by atoms with Gasteiger partial charge in [-0.1, -0.05) is 58.0 Å². The lowest BCUT2D eigenvalue weighted by atomic mass is 9.85. The van der Waals surface area contributed by atoms with Crippen LogP contribution in [0, 0.1) is 6.92 Å². The number of hydrogen-bond donors (Lipinski definition) is 1. The van der Waals surface area contributed by atoms with Crippen LogP contribution in [0.3, 0.4) is 0 Å². The standard InChI is InChI=1S/C19H26ClN3O/c1-8-14(20)12-15(9-2)22-23(21-7)17-11-13(3)10-16(18(17)24)19(4,5)6/h8,10-12,24H,1,7,9H2,2-6H3/b14-12+,22-15+. The molecule has 24 heavy (non-hydrogen) atoms. The minimum Gasteiger partial charge on any atom is -0.505 e. The van der Waals surface area contributed by atoms with E-state index >= 15 is 0 Å². The first-order valence-corrected chi connectivity index (χ1v) is 8.19. The molecular formula is C19H26ClN3O. The molecular weight excluding hydrogens is 322 g/mol. The fourth-order valence-corrected chi connectivity index (χ4v) is 2.31. The summed E-state index contributed by atoms with van der Waals surface area (Å²) in [7, 11) is 0. The van der Waals surface area contributed by atoms with Crippen molar-refractivity contribution in [2.24, 2.45) is 10.2 Å². The maximum atomic E-state index is 10.7. The molecule has 0 atom stereocenters. The molecule has 0 radical (unpaired) electrons. The summed E-state index contributed by atoms with van der Waals surface area (Å²) in [6.45, 7) is 17.3. The van der Waals surface area contributed by atoms with E-state index < -0.39 is 0 Å². The van der Waals surface area contributed by atoms with Crippen molar-refractivity contribution in [1.29, 1.82) is 0 Å². The van der Waals surface area contributed by atoms with Crippen LogP contribution in [0.4, 0.5) is 5.69 Å². The van der Waals surface area contributed by atoms with Crippen LogP contribution >= 0.6 is 11.6 Å². The smallest absolute Gasteiger partial charge is 0.146 e. The van der Waals surface area contributed by atoms with Gasteiger partial charge >= 0.3 is 0 Å². The number of allylic oxidation sites excluding steroid dienone is 3. The van der Waals surface area contributed by atoms with Gasteiger partial charge in [0, 0.05) is 17.3 Å². The second-order valence-electron chi connectivity index (χ2n) is 6.54. The molecule has 1 rings (SSSR count). The monoisotopic (exact) mass is 347 g/mol. The molecule has 0 fully saturated rings. The van der Waals surface area contributed by atoms with E-state index in [4.69, 9.17) is 11.6 Å². The molecule has 0 aliphatic heterocycles. The highest BCUT2D eigenvalue weighted by Crippen LogP contribution is 2.39. The molecule has 0 aliphatic carbocycles. The van der Waals surface area contributed by atoms with Crippen molar-refractivity contribution in [1.82, 2.24) is 0 Å². The van der Waals surface area contributed by atoms with Crippen LogP contribution in [0.1, 0.15) is 45.2 Å². The summed E-state index contributed by atoms with van der Waals surface area (Å²) in [5, 5.41) is 20.9. The van der Waals surface area contributed by atoms with E-state index in [-0.39, 0.29) is 11.2 Å². The van der Waals surface area contributed by atoms with Crippen molar-refractivity contribution >= 4 is 29.7 Å². The lowest BCUT2D eigenvalue weighted by Crippen LogP contribution is -2.16. The Morgan fingerprint density at radius 3 is 2.46 bits per heavy atom. The number of halogens is 1. The Morgan fingerprint density at radius 1 is 1.38 bits per heavy atom. The number of benzene rings is 1. The Balaban J connectivity index is 3.48. The summed E-state index contributed by atoms with van der Waals surface area (Å²) in [5.41, 5.74) is 2.82. The van der Waals surface area contributed by atoms with Crippen LogP contribution in [0.25, 0.3) is 0 Å². The predicted octanol–water partition coefficient (Wildman–Crippen LogP) is 5.49. The van der Waals surface area contributed by atoms with Gasteiger partial charge in [-0.3, -0.25) is 0 Å². The summed E-state index contributed by atoms with van der Waals surface area (Å²) in [6.07, 6.45) is 3.90. The van der Waals surface area contributed by atoms with Crippen LogP contribution < -0.4 is 5.12 Å². The summed E-state index contributed by atoms with van der Waals surface area (Å²) in [6, 6.07) is 3.80. The maximum absolute atomic E-state index is 10.7. The Kier molecular flexibility index (Phi) is 6.79. The van der Waals surface area contributed by atoms with Gasteiger partial charge in [0.15, 0.2) is 0 Å². The van der Waals surface area contributed by atoms with Crippen LogP contribution in [0.15, 0.2) is 46.1 Å². The third-order valence-electron chi connectivity index (χ3n) is 3.48. The van der Waals surface area contributed by atoms with E-state index in [1.807, 2.05) is 46.8 Å². The van der Waals surface area contributed by atoms with Crippen LogP contribution in [-0.2, 0) is 5.41 Å². The van der Waals surface area contributed by atoms with E-state index in [0.717, 1.165) is 11.1 Å². The number of aryl methyl sites for hydroxylation is 1. The first-order valence-electron chi connectivity index (χ1n) is 7.82. The van der Waals surface area contributed by atoms with E-state index in [9.17, 15) is 5.11 Å². The molecule has 0 saturated carbocycles. The maximum Gasteiger partial charge on any atom is 0.146 e. The fourth-order valence-electron chi connectivity index (χ4n) is 2.19. The van der Waals surface area contributed by atoms with Gasteiger partial charge in [-0.25, -0.2) is 0 Å². The first kappa shape index (κ1) is 20.0. The van der Waals surface area contributed by atoms with Gasteiger partial charge in [0.2, 0.25) is 0 Å². The summed E-state index contributed by atoms with van der Waals surface area (Å²) in [5.74, 6) is 0.151. The largest absolute Gasteiger partial charge is 0.505 e. The zero-order valence-electron chi connectivity index (χ0n) is 15.1. The minimum atomic E-state index is -0.207. The molecule has 4 nitrogen and oxygen atoms in total. The third-order valence-corrected chi connectivity index (χ3v) is 3.74. The molecule has 0 heterocycles. The summed E-state index contributed by atoms with van der Waals surface area (Å²) >= 11 is 6.00. The lowest BCUT2D eigenvalue weighted by Gasteiger charge is -2.24. The Bertz CT molecular complexity index is 685. The molecule has 0 saturated heterocycles. The van der Waals surface area contributed by atoms with Crippen molar-refractivity contribution in [3.8, 4) is 5.75 Å². The van der Waals surface area contributed by atoms with Crippen molar-refractivity contribution in [3.05, 3.63) is 47.0 Å². The molecule has 130 valence electrons. The summed E-state index contributed by atoms with van der Waals surface area (Å²) in [4.78, 5) is 0. The van der Waals surface area contributed by atoms with Gasteiger partial charge in [-0.05, 0) is 36.5 Å². The SMILES string of the molecule is C=C/C(Cl)=C\C(CC)=N\N(N=C)c1cc(C)cc(C(C)(C)C)c1O. The van der Waals surface area contributed by atoms with Crippen molar-refractivity contribution in [2.45, 2.75) is 46.5 Å². The Morgan fingerprint density at radius 2 is 2.00 bits per heavy atom. The van der Waals surface area contributed by atoms with Gasteiger partial charge < -0.3 is 5.11 Å². The number of phenolic OH excluding ortho intramolecular Hbond substituents is 1. The number of rotatable bonds is 6. The molecule has 5 heteroatoms. The topological polar surface area (TPSA) is 48.2 Å². The van der Waals surface area contributed by atoms with E-state index in [0.29, 0.717) is 22.9 Å².